The Morgan fingerprint density at radius 1 is 1.57 bits per heavy atom. The molecule has 72 valence electrons. The molecule has 1 aliphatic rings. The van der Waals surface area contributed by atoms with Gasteiger partial charge in [0, 0.05) is 6.21 Å². The van der Waals surface area contributed by atoms with Crippen molar-refractivity contribution in [3.8, 4) is 5.75 Å². The molecule has 0 amide bonds. The molecule has 1 atom stereocenters. The normalized spacial score (nSPS) is 18.5. The van der Waals surface area contributed by atoms with E-state index in [0.717, 1.165) is 0 Å². The second-order valence-corrected chi connectivity index (χ2v) is 3.09. The number of nitrogens with zero attached hydrogens (tertiary/aromatic N) is 1. The Kier molecular flexibility index (Phi) is 1.96. The van der Waals surface area contributed by atoms with Crippen LogP contribution in [-0.4, -0.2) is 23.4 Å². The number of aliphatic imine (C=N–C) groups is 1. The molecule has 0 saturated carbocycles. The monoisotopic (exact) mass is 191 g/mol. The first-order valence-electron chi connectivity index (χ1n) is 4.25. The summed E-state index contributed by atoms with van der Waals surface area (Å²) in [6.45, 7) is 1.87. The molecule has 1 aromatic rings. The van der Waals surface area contributed by atoms with Crippen LogP contribution in [-0.2, 0) is 0 Å². The van der Waals surface area contributed by atoms with E-state index in [1.165, 1.54) is 12.1 Å². The van der Waals surface area contributed by atoms with Gasteiger partial charge in [0.25, 0.3) is 0 Å². The number of rotatable bonds is 1. The average Bonchev–Trinajstić information content (AvgIpc) is 2.16. The first-order valence-corrected chi connectivity index (χ1v) is 4.25. The van der Waals surface area contributed by atoms with Crippen molar-refractivity contribution in [3.63, 3.8) is 0 Å². The summed E-state index contributed by atoms with van der Waals surface area (Å²) in [4.78, 5) is 14.8. The van der Waals surface area contributed by atoms with Gasteiger partial charge < -0.3 is 9.84 Å². The molecule has 0 spiro atoms. The zero-order chi connectivity index (χ0) is 10.1. The molecule has 0 radical (unpaired) electrons. The molecule has 0 saturated heterocycles. The first-order chi connectivity index (χ1) is 6.66. The Bertz CT molecular complexity index is 412. The minimum atomic E-state index is -0.957. The molecule has 1 N–H and O–H groups in total. The van der Waals surface area contributed by atoms with Gasteiger partial charge in [-0.25, -0.2) is 4.79 Å². The molecule has 0 bridgehead atoms. The zero-order valence-electron chi connectivity index (χ0n) is 7.60. The lowest BCUT2D eigenvalue weighted by molar-refractivity contribution is 0.0697. The van der Waals surface area contributed by atoms with E-state index < -0.39 is 5.97 Å². The van der Waals surface area contributed by atoms with E-state index in [0.29, 0.717) is 11.4 Å². The summed E-state index contributed by atoms with van der Waals surface area (Å²) >= 11 is 0. The van der Waals surface area contributed by atoms with Gasteiger partial charge in [-0.15, -0.1) is 0 Å². The Balaban J connectivity index is 2.44. The molecule has 4 nitrogen and oxygen atoms in total. The van der Waals surface area contributed by atoms with Crippen LogP contribution in [0.4, 0.5) is 5.69 Å². The summed E-state index contributed by atoms with van der Waals surface area (Å²) in [5.41, 5.74) is 0.794. The molecule has 14 heavy (non-hydrogen) atoms. The summed E-state index contributed by atoms with van der Waals surface area (Å²) in [7, 11) is 0. The van der Waals surface area contributed by atoms with E-state index >= 15 is 0 Å². The van der Waals surface area contributed by atoms with Crippen LogP contribution in [0.5, 0.6) is 5.75 Å². The highest BCUT2D eigenvalue weighted by Crippen LogP contribution is 2.31. The standard InChI is InChI=1S/C10H9NO3/c1-6-5-11-8-4-7(10(12)13)2-3-9(8)14-6/h2-6H,1H3,(H,12,13). The Morgan fingerprint density at radius 3 is 3.07 bits per heavy atom. The molecule has 0 aromatic heterocycles. The fraction of sp³-hybridized carbons (Fsp3) is 0.200. The SMILES string of the molecule is CC1C=Nc2cc(C(=O)O)ccc2O1. The molecule has 0 aliphatic carbocycles. The number of fused-ring (bicyclic) bond motifs is 1. The first kappa shape index (κ1) is 8.74. The van der Waals surface area contributed by atoms with Crippen molar-refractivity contribution >= 4 is 17.9 Å². The van der Waals surface area contributed by atoms with E-state index in [2.05, 4.69) is 4.99 Å². The van der Waals surface area contributed by atoms with Gasteiger partial charge in [0.05, 0.1) is 5.56 Å². The van der Waals surface area contributed by atoms with Gasteiger partial charge in [-0.3, -0.25) is 4.99 Å². The molecule has 1 aliphatic heterocycles. The molecule has 4 heteroatoms. The number of ether oxygens (including phenoxy) is 1. The molecular weight excluding hydrogens is 182 g/mol. The van der Waals surface area contributed by atoms with Gasteiger partial charge in [-0.2, -0.15) is 0 Å². The van der Waals surface area contributed by atoms with E-state index in [1.54, 1.807) is 12.3 Å². The lowest BCUT2D eigenvalue weighted by Gasteiger charge is -2.17. The Hall–Kier alpha value is -1.84. The number of benzene rings is 1. The van der Waals surface area contributed by atoms with Gasteiger partial charge in [-0.1, -0.05) is 0 Å². The Morgan fingerprint density at radius 2 is 2.36 bits per heavy atom. The molecule has 2 rings (SSSR count). The van der Waals surface area contributed by atoms with Gasteiger partial charge >= 0.3 is 5.97 Å². The number of aromatic carboxylic acids is 1. The summed E-state index contributed by atoms with van der Waals surface area (Å²) in [6, 6.07) is 4.64. The number of hydrogen-bond acceptors (Lipinski definition) is 3. The van der Waals surface area contributed by atoms with E-state index in [-0.39, 0.29) is 11.7 Å². The second-order valence-electron chi connectivity index (χ2n) is 3.09. The highest BCUT2D eigenvalue weighted by atomic mass is 16.5. The summed E-state index contributed by atoms with van der Waals surface area (Å²) in [5, 5.41) is 8.75. The van der Waals surface area contributed by atoms with Gasteiger partial charge in [0.1, 0.15) is 17.5 Å². The van der Waals surface area contributed by atoms with Crippen LogP contribution in [0.25, 0.3) is 0 Å². The predicted octanol–water partition coefficient (Wildman–Crippen LogP) is 1.87. The largest absolute Gasteiger partial charge is 0.483 e. The average molecular weight is 191 g/mol. The molecule has 0 fully saturated rings. The van der Waals surface area contributed by atoms with Gasteiger partial charge in [0.2, 0.25) is 0 Å². The molecule has 1 aromatic carbocycles. The lowest BCUT2D eigenvalue weighted by Crippen LogP contribution is -2.16. The quantitative estimate of drug-likeness (QED) is 0.737. The van der Waals surface area contributed by atoms with Crippen molar-refractivity contribution in [2.75, 3.05) is 0 Å². The van der Waals surface area contributed by atoms with Crippen LogP contribution in [0.15, 0.2) is 23.2 Å². The maximum absolute atomic E-state index is 10.7. The van der Waals surface area contributed by atoms with Crippen LogP contribution >= 0.6 is 0 Å². The van der Waals surface area contributed by atoms with Crippen LogP contribution < -0.4 is 4.74 Å². The lowest BCUT2D eigenvalue weighted by atomic mass is 10.2. The highest BCUT2D eigenvalue weighted by molar-refractivity contribution is 5.90. The van der Waals surface area contributed by atoms with Crippen molar-refractivity contribution in [2.45, 2.75) is 13.0 Å². The topological polar surface area (TPSA) is 58.9 Å². The highest BCUT2D eigenvalue weighted by Gasteiger charge is 2.13. The molecular formula is C10H9NO3. The summed E-state index contributed by atoms with van der Waals surface area (Å²) in [5.74, 6) is -0.327. The summed E-state index contributed by atoms with van der Waals surface area (Å²) in [6.07, 6.45) is 1.59. The Labute approximate surface area is 80.8 Å². The van der Waals surface area contributed by atoms with Crippen molar-refractivity contribution in [3.05, 3.63) is 23.8 Å². The summed E-state index contributed by atoms with van der Waals surface area (Å²) < 4.78 is 5.42. The smallest absolute Gasteiger partial charge is 0.335 e. The number of carboxylic acids is 1. The van der Waals surface area contributed by atoms with Crippen LogP contribution in [0.3, 0.4) is 0 Å². The van der Waals surface area contributed by atoms with Crippen molar-refractivity contribution in [2.24, 2.45) is 4.99 Å². The fourth-order valence-corrected chi connectivity index (χ4v) is 1.27. The molecule has 1 heterocycles. The van der Waals surface area contributed by atoms with Gasteiger partial charge in [-0.05, 0) is 25.1 Å². The zero-order valence-corrected chi connectivity index (χ0v) is 7.60. The number of carbonyl (C=O) groups is 1. The maximum Gasteiger partial charge on any atom is 0.335 e. The van der Waals surface area contributed by atoms with Crippen LogP contribution in [0.1, 0.15) is 17.3 Å². The fourth-order valence-electron chi connectivity index (χ4n) is 1.27. The molecule has 1 unspecified atom stereocenters. The predicted molar refractivity (Wildman–Crippen MR) is 51.6 cm³/mol. The number of carboxylic acid groups (broad SMARTS) is 1. The van der Waals surface area contributed by atoms with Crippen molar-refractivity contribution < 1.29 is 14.6 Å². The third kappa shape index (κ3) is 1.46. The van der Waals surface area contributed by atoms with Crippen molar-refractivity contribution in [1.82, 2.24) is 0 Å². The van der Waals surface area contributed by atoms with E-state index in [1.807, 2.05) is 6.92 Å². The third-order valence-electron chi connectivity index (χ3n) is 1.94. The second kappa shape index (κ2) is 3.14. The van der Waals surface area contributed by atoms with E-state index in [4.69, 9.17) is 9.84 Å². The van der Waals surface area contributed by atoms with Crippen LogP contribution in [0.2, 0.25) is 0 Å². The van der Waals surface area contributed by atoms with Gasteiger partial charge in [0.15, 0.2) is 0 Å². The maximum atomic E-state index is 10.7. The minimum absolute atomic E-state index is 0.0572. The number of hydrogen-bond donors (Lipinski definition) is 1. The van der Waals surface area contributed by atoms with E-state index in [9.17, 15) is 4.79 Å². The van der Waals surface area contributed by atoms with Crippen LogP contribution in [0, 0.1) is 0 Å². The minimum Gasteiger partial charge on any atom is -0.483 e. The third-order valence-corrected chi connectivity index (χ3v) is 1.94. The van der Waals surface area contributed by atoms with Crippen molar-refractivity contribution in [1.29, 1.82) is 0 Å².